The molecular weight excluding hydrogens is 347 g/mol. The Hall–Kier alpha value is -1.80. The fourth-order valence-electron chi connectivity index (χ4n) is 3.33. The first-order valence-corrected chi connectivity index (χ1v) is 8.94. The highest BCUT2D eigenvalue weighted by Gasteiger charge is 2.42. The Morgan fingerprint density at radius 3 is 2.58 bits per heavy atom. The summed E-state index contributed by atoms with van der Waals surface area (Å²) >= 11 is 0. The number of benzene rings is 1. The molecule has 1 atom stereocenters. The van der Waals surface area contributed by atoms with Gasteiger partial charge in [0.2, 0.25) is 5.91 Å². The van der Waals surface area contributed by atoms with Crippen molar-refractivity contribution in [3.8, 4) is 5.75 Å². The maximum Gasteiger partial charge on any atom is 0.262 e. The third-order valence-corrected chi connectivity index (χ3v) is 4.85. The van der Waals surface area contributed by atoms with E-state index in [1.54, 1.807) is 12.1 Å². The van der Waals surface area contributed by atoms with E-state index in [0.29, 0.717) is 12.4 Å². The zero-order valence-electron chi connectivity index (χ0n) is 14.5. The molecule has 1 aromatic carbocycles. The molecule has 26 heavy (non-hydrogen) atoms. The molecule has 0 radical (unpaired) electrons. The smallest absolute Gasteiger partial charge is 0.262 e. The lowest BCUT2D eigenvalue weighted by molar-refractivity contribution is -0.124. The Morgan fingerprint density at radius 2 is 1.96 bits per heavy atom. The molecule has 0 bridgehead atoms. The summed E-state index contributed by atoms with van der Waals surface area (Å²) < 4.78 is 44.7. The summed E-state index contributed by atoms with van der Waals surface area (Å²) in [6, 6.07) is 5.13. The topological polar surface area (TPSA) is 53.6 Å². The summed E-state index contributed by atoms with van der Waals surface area (Å²) in [5, 5.41) is 5.46. The third kappa shape index (κ3) is 5.35. The first kappa shape index (κ1) is 19.0. The SMILES string of the molecule is O=C(NC1CCN(CCOc2ccc(F)cc2)CC1)C1CC(F)(F)CN1. The van der Waals surface area contributed by atoms with Gasteiger partial charge in [-0.05, 0) is 37.1 Å². The lowest BCUT2D eigenvalue weighted by Gasteiger charge is -2.32. The molecule has 3 rings (SSSR count). The predicted octanol–water partition coefficient (Wildman–Crippen LogP) is 1.78. The maximum absolute atomic E-state index is 13.2. The second-order valence-corrected chi connectivity index (χ2v) is 6.92. The molecule has 0 spiro atoms. The first-order valence-electron chi connectivity index (χ1n) is 8.94. The number of halogens is 3. The molecule has 2 saturated heterocycles. The number of ether oxygens (including phenoxy) is 1. The Morgan fingerprint density at radius 1 is 1.27 bits per heavy atom. The molecule has 2 aliphatic heterocycles. The van der Waals surface area contributed by atoms with E-state index in [4.69, 9.17) is 4.74 Å². The molecule has 0 aliphatic carbocycles. The van der Waals surface area contributed by atoms with Gasteiger partial charge in [0.25, 0.3) is 5.92 Å². The van der Waals surface area contributed by atoms with E-state index in [1.165, 1.54) is 12.1 Å². The van der Waals surface area contributed by atoms with Crippen molar-refractivity contribution < 1.29 is 22.7 Å². The number of carbonyl (C=O) groups excluding carboxylic acids is 1. The highest BCUT2D eigenvalue weighted by Crippen LogP contribution is 2.25. The lowest BCUT2D eigenvalue weighted by Crippen LogP contribution is -2.49. The molecular formula is C18H24F3N3O2. The number of amides is 1. The minimum Gasteiger partial charge on any atom is -0.492 e. The van der Waals surface area contributed by atoms with Gasteiger partial charge in [-0.3, -0.25) is 15.0 Å². The lowest BCUT2D eigenvalue weighted by atomic mass is 10.0. The van der Waals surface area contributed by atoms with Crippen LogP contribution >= 0.6 is 0 Å². The van der Waals surface area contributed by atoms with Crippen molar-refractivity contribution in [1.29, 1.82) is 0 Å². The number of carbonyl (C=O) groups is 1. The molecule has 144 valence electrons. The van der Waals surface area contributed by atoms with Crippen LogP contribution in [0.5, 0.6) is 5.75 Å². The Labute approximate surface area is 150 Å². The van der Waals surface area contributed by atoms with Gasteiger partial charge in [-0.2, -0.15) is 0 Å². The highest BCUT2D eigenvalue weighted by atomic mass is 19.3. The van der Waals surface area contributed by atoms with Crippen molar-refractivity contribution in [2.75, 3.05) is 32.8 Å². The summed E-state index contributed by atoms with van der Waals surface area (Å²) in [6.45, 7) is 2.44. The van der Waals surface area contributed by atoms with Gasteiger partial charge in [-0.15, -0.1) is 0 Å². The van der Waals surface area contributed by atoms with E-state index in [0.717, 1.165) is 32.5 Å². The molecule has 1 amide bonds. The van der Waals surface area contributed by atoms with E-state index >= 15 is 0 Å². The molecule has 2 heterocycles. The van der Waals surface area contributed by atoms with Gasteiger partial charge in [0.15, 0.2) is 0 Å². The fraction of sp³-hybridized carbons (Fsp3) is 0.611. The summed E-state index contributed by atoms with van der Waals surface area (Å²) in [6.07, 6.45) is 1.13. The van der Waals surface area contributed by atoms with Crippen LogP contribution in [-0.4, -0.2) is 61.6 Å². The van der Waals surface area contributed by atoms with Crippen molar-refractivity contribution in [3.63, 3.8) is 0 Å². The van der Waals surface area contributed by atoms with E-state index in [-0.39, 0.29) is 17.8 Å². The average molecular weight is 371 g/mol. The zero-order valence-corrected chi connectivity index (χ0v) is 14.5. The molecule has 1 aromatic rings. The third-order valence-electron chi connectivity index (χ3n) is 4.85. The van der Waals surface area contributed by atoms with E-state index in [1.807, 2.05) is 0 Å². The van der Waals surface area contributed by atoms with Crippen LogP contribution in [0.4, 0.5) is 13.2 Å². The van der Waals surface area contributed by atoms with Crippen LogP contribution in [0.1, 0.15) is 19.3 Å². The van der Waals surface area contributed by atoms with Gasteiger partial charge in [0.05, 0.1) is 12.6 Å². The molecule has 2 aliphatic rings. The van der Waals surface area contributed by atoms with Crippen molar-refractivity contribution in [1.82, 2.24) is 15.5 Å². The van der Waals surface area contributed by atoms with Gasteiger partial charge >= 0.3 is 0 Å². The molecule has 0 saturated carbocycles. The Balaban J connectivity index is 1.32. The molecule has 1 unspecified atom stereocenters. The first-order chi connectivity index (χ1) is 12.4. The predicted molar refractivity (Wildman–Crippen MR) is 90.9 cm³/mol. The number of nitrogens with zero attached hydrogens (tertiary/aromatic N) is 1. The van der Waals surface area contributed by atoms with Crippen LogP contribution in [-0.2, 0) is 4.79 Å². The number of rotatable bonds is 6. The number of hydrogen-bond acceptors (Lipinski definition) is 4. The average Bonchev–Trinajstić information content (AvgIpc) is 2.98. The van der Waals surface area contributed by atoms with E-state index < -0.39 is 24.9 Å². The van der Waals surface area contributed by atoms with Gasteiger partial charge in [-0.1, -0.05) is 0 Å². The molecule has 2 fully saturated rings. The fourth-order valence-corrected chi connectivity index (χ4v) is 3.33. The standard InChI is InChI=1S/C18H24F3N3O2/c19-13-1-3-15(4-2-13)26-10-9-24-7-5-14(6-8-24)23-17(25)16-11-18(20,21)12-22-16/h1-4,14,16,22H,5-12H2,(H,23,25). The van der Waals surface area contributed by atoms with Crippen LogP contribution in [0.25, 0.3) is 0 Å². The Bertz CT molecular complexity index is 604. The van der Waals surface area contributed by atoms with Gasteiger partial charge in [0.1, 0.15) is 18.2 Å². The number of hydrogen-bond donors (Lipinski definition) is 2. The maximum atomic E-state index is 13.2. The number of likely N-dealkylation sites (tertiary alicyclic amines) is 1. The monoisotopic (exact) mass is 371 g/mol. The minimum absolute atomic E-state index is 0.0211. The van der Waals surface area contributed by atoms with Gasteiger partial charge in [-0.25, -0.2) is 13.2 Å². The van der Waals surface area contributed by atoms with E-state index in [9.17, 15) is 18.0 Å². The van der Waals surface area contributed by atoms with Gasteiger partial charge in [0, 0.05) is 32.1 Å². The van der Waals surface area contributed by atoms with Crippen LogP contribution in [0.3, 0.4) is 0 Å². The molecule has 8 heteroatoms. The zero-order chi connectivity index (χ0) is 18.6. The van der Waals surface area contributed by atoms with Crippen LogP contribution in [0, 0.1) is 5.82 Å². The summed E-state index contributed by atoms with van der Waals surface area (Å²) in [5.74, 6) is -2.79. The molecule has 5 nitrogen and oxygen atoms in total. The molecule has 0 aromatic heterocycles. The van der Waals surface area contributed by atoms with Crippen molar-refractivity contribution in [2.45, 2.75) is 37.3 Å². The minimum atomic E-state index is -2.80. The summed E-state index contributed by atoms with van der Waals surface area (Å²) in [7, 11) is 0. The van der Waals surface area contributed by atoms with Crippen LogP contribution in [0.15, 0.2) is 24.3 Å². The Kier molecular flexibility index (Phi) is 6.03. The largest absolute Gasteiger partial charge is 0.492 e. The van der Waals surface area contributed by atoms with Crippen molar-refractivity contribution >= 4 is 5.91 Å². The van der Waals surface area contributed by atoms with Crippen molar-refractivity contribution in [3.05, 3.63) is 30.1 Å². The number of nitrogens with one attached hydrogen (secondary N) is 2. The second kappa shape index (κ2) is 8.26. The van der Waals surface area contributed by atoms with E-state index in [2.05, 4.69) is 15.5 Å². The summed E-state index contributed by atoms with van der Waals surface area (Å²) in [5.41, 5.74) is 0. The second-order valence-electron chi connectivity index (χ2n) is 6.92. The molecule has 2 N–H and O–H groups in total. The number of piperidine rings is 1. The quantitative estimate of drug-likeness (QED) is 0.801. The summed E-state index contributed by atoms with van der Waals surface area (Å²) in [4.78, 5) is 14.3. The highest BCUT2D eigenvalue weighted by molar-refractivity contribution is 5.82. The van der Waals surface area contributed by atoms with Gasteiger partial charge < -0.3 is 10.1 Å². The van der Waals surface area contributed by atoms with Crippen molar-refractivity contribution in [2.24, 2.45) is 0 Å². The van der Waals surface area contributed by atoms with Crippen LogP contribution < -0.4 is 15.4 Å². The van der Waals surface area contributed by atoms with Crippen LogP contribution in [0.2, 0.25) is 0 Å². The number of alkyl halides is 2. The normalized spacial score (nSPS) is 23.7.